The van der Waals surface area contributed by atoms with E-state index in [1.54, 1.807) is 31.4 Å². The summed E-state index contributed by atoms with van der Waals surface area (Å²) in [6.45, 7) is 6.33. The van der Waals surface area contributed by atoms with Gasteiger partial charge in [-0.2, -0.15) is 4.31 Å². The van der Waals surface area contributed by atoms with Gasteiger partial charge in [-0.05, 0) is 44.5 Å². The fraction of sp³-hybridized carbons (Fsp3) is 0.571. The molecule has 6 heteroatoms. The van der Waals surface area contributed by atoms with Crippen LogP contribution >= 0.6 is 0 Å². The Morgan fingerprint density at radius 2 is 1.80 bits per heavy atom. The van der Waals surface area contributed by atoms with Crippen LogP contribution in [0.2, 0.25) is 0 Å². The molecule has 0 aromatic heterocycles. The summed E-state index contributed by atoms with van der Waals surface area (Å²) >= 11 is 0. The van der Waals surface area contributed by atoms with Gasteiger partial charge in [-0.1, -0.05) is 6.92 Å². The first-order valence-corrected chi connectivity index (χ1v) is 8.10. The highest BCUT2D eigenvalue weighted by Crippen LogP contribution is 2.25. The molecule has 0 unspecified atom stereocenters. The zero-order chi connectivity index (χ0) is 15.4. The average molecular weight is 300 g/mol. The predicted molar refractivity (Wildman–Crippen MR) is 80.3 cm³/mol. The van der Waals surface area contributed by atoms with Crippen molar-refractivity contribution in [3.8, 4) is 5.75 Å². The monoisotopic (exact) mass is 300 g/mol. The molecule has 1 aromatic carbocycles. The second-order valence-corrected chi connectivity index (χ2v) is 7.13. The van der Waals surface area contributed by atoms with Crippen molar-refractivity contribution in [2.24, 2.45) is 5.73 Å². The molecular formula is C14H24N2O3S. The van der Waals surface area contributed by atoms with Crippen molar-refractivity contribution in [3.05, 3.63) is 24.3 Å². The maximum Gasteiger partial charge on any atom is 0.243 e. The molecule has 0 amide bonds. The Balaban J connectivity index is 3.22. The van der Waals surface area contributed by atoms with Crippen LogP contribution in [0.25, 0.3) is 0 Å². The van der Waals surface area contributed by atoms with Crippen molar-refractivity contribution in [1.29, 1.82) is 0 Å². The average Bonchev–Trinajstić information content (AvgIpc) is 2.44. The third-order valence-electron chi connectivity index (χ3n) is 3.25. The van der Waals surface area contributed by atoms with Crippen LogP contribution in [0.3, 0.4) is 0 Å². The molecule has 2 N–H and O–H groups in total. The van der Waals surface area contributed by atoms with Gasteiger partial charge < -0.3 is 10.5 Å². The Bertz CT molecular complexity index is 524. The molecule has 0 atom stereocenters. The quantitative estimate of drug-likeness (QED) is 0.834. The topological polar surface area (TPSA) is 72.6 Å². The molecule has 0 heterocycles. The Labute approximate surface area is 121 Å². The predicted octanol–water partition coefficient (Wildman–Crippen LogP) is 1.83. The first-order chi connectivity index (χ1) is 9.29. The van der Waals surface area contributed by atoms with Gasteiger partial charge in [0, 0.05) is 18.6 Å². The SMILES string of the molecule is CCCN(C(C)(C)CN)S(=O)(=O)c1ccc(OC)cc1. The van der Waals surface area contributed by atoms with E-state index in [-0.39, 0.29) is 11.4 Å². The summed E-state index contributed by atoms with van der Waals surface area (Å²) in [5.41, 5.74) is 5.12. The Morgan fingerprint density at radius 3 is 2.20 bits per heavy atom. The molecule has 0 saturated carbocycles. The molecule has 1 aromatic rings. The lowest BCUT2D eigenvalue weighted by Crippen LogP contribution is -2.52. The van der Waals surface area contributed by atoms with E-state index < -0.39 is 15.6 Å². The summed E-state index contributed by atoms with van der Waals surface area (Å²) in [4.78, 5) is 0.258. The van der Waals surface area contributed by atoms with Crippen LogP contribution in [0.5, 0.6) is 5.75 Å². The van der Waals surface area contributed by atoms with Gasteiger partial charge >= 0.3 is 0 Å². The fourth-order valence-electron chi connectivity index (χ4n) is 1.93. The first kappa shape index (κ1) is 16.9. The summed E-state index contributed by atoms with van der Waals surface area (Å²) in [6.07, 6.45) is 0.735. The largest absolute Gasteiger partial charge is 0.497 e. The minimum Gasteiger partial charge on any atom is -0.497 e. The van der Waals surface area contributed by atoms with Gasteiger partial charge in [0.1, 0.15) is 5.75 Å². The number of nitrogens with two attached hydrogens (primary N) is 1. The molecule has 0 fully saturated rings. The van der Waals surface area contributed by atoms with E-state index in [9.17, 15) is 8.42 Å². The summed E-state index contributed by atoms with van der Waals surface area (Å²) in [7, 11) is -2.01. The van der Waals surface area contributed by atoms with Gasteiger partial charge in [-0.15, -0.1) is 0 Å². The number of nitrogens with zero attached hydrogens (tertiary/aromatic N) is 1. The van der Waals surface area contributed by atoms with Crippen LogP contribution in [-0.2, 0) is 10.0 Å². The van der Waals surface area contributed by atoms with Crippen LogP contribution in [0.15, 0.2) is 29.2 Å². The summed E-state index contributed by atoms with van der Waals surface area (Å²) in [5, 5.41) is 0. The van der Waals surface area contributed by atoms with Gasteiger partial charge in [0.2, 0.25) is 10.0 Å². The Kier molecular flexibility index (Phi) is 5.56. The van der Waals surface area contributed by atoms with Crippen LogP contribution in [-0.4, -0.2) is 38.5 Å². The Morgan fingerprint density at radius 1 is 1.25 bits per heavy atom. The normalized spacial score (nSPS) is 12.7. The lowest BCUT2D eigenvalue weighted by atomic mass is 10.1. The molecule has 0 radical (unpaired) electrons. The molecule has 20 heavy (non-hydrogen) atoms. The lowest BCUT2D eigenvalue weighted by molar-refractivity contribution is 0.235. The summed E-state index contributed by atoms with van der Waals surface area (Å²) in [5.74, 6) is 0.629. The summed E-state index contributed by atoms with van der Waals surface area (Å²) < 4.78 is 32.0. The number of benzene rings is 1. The molecule has 0 aliphatic rings. The van der Waals surface area contributed by atoms with Crippen LogP contribution < -0.4 is 10.5 Å². The maximum atomic E-state index is 12.8. The smallest absolute Gasteiger partial charge is 0.243 e. The lowest BCUT2D eigenvalue weighted by Gasteiger charge is -2.36. The highest BCUT2D eigenvalue weighted by atomic mass is 32.2. The van der Waals surface area contributed by atoms with Crippen molar-refractivity contribution < 1.29 is 13.2 Å². The van der Waals surface area contributed by atoms with Gasteiger partial charge in [-0.3, -0.25) is 0 Å². The highest BCUT2D eigenvalue weighted by molar-refractivity contribution is 7.89. The zero-order valence-electron chi connectivity index (χ0n) is 12.6. The number of methoxy groups -OCH3 is 1. The molecule has 1 rings (SSSR count). The summed E-state index contributed by atoms with van der Waals surface area (Å²) in [6, 6.07) is 6.41. The van der Waals surface area contributed by atoms with Crippen LogP contribution in [0, 0.1) is 0 Å². The van der Waals surface area contributed by atoms with Crippen LogP contribution in [0.4, 0.5) is 0 Å². The number of ether oxygens (including phenoxy) is 1. The van der Waals surface area contributed by atoms with Gasteiger partial charge in [0.15, 0.2) is 0 Å². The second-order valence-electron chi connectivity index (χ2n) is 5.27. The molecule has 0 aliphatic carbocycles. The first-order valence-electron chi connectivity index (χ1n) is 6.66. The van der Waals surface area contributed by atoms with E-state index in [4.69, 9.17) is 10.5 Å². The van der Waals surface area contributed by atoms with E-state index in [0.717, 1.165) is 6.42 Å². The van der Waals surface area contributed by atoms with E-state index in [1.807, 2.05) is 20.8 Å². The van der Waals surface area contributed by atoms with E-state index in [0.29, 0.717) is 12.3 Å². The van der Waals surface area contributed by atoms with Crippen molar-refractivity contribution in [3.63, 3.8) is 0 Å². The van der Waals surface area contributed by atoms with E-state index >= 15 is 0 Å². The maximum absolute atomic E-state index is 12.8. The van der Waals surface area contributed by atoms with Crippen molar-refractivity contribution >= 4 is 10.0 Å². The van der Waals surface area contributed by atoms with Crippen LogP contribution in [0.1, 0.15) is 27.2 Å². The number of sulfonamides is 1. The minimum absolute atomic E-state index is 0.258. The van der Waals surface area contributed by atoms with Gasteiger partial charge in [0.05, 0.1) is 12.0 Å². The standard InChI is InChI=1S/C14H24N2O3S/c1-5-10-16(14(2,3)11-15)20(17,18)13-8-6-12(19-4)7-9-13/h6-9H,5,10-11,15H2,1-4H3. The number of hydrogen-bond donors (Lipinski definition) is 1. The van der Waals surface area contributed by atoms with Crippen molar-refractivity contribution in [1.82, 2.24) is 4.31 Å². The van der Waals surface area contributed by atoms with Gasteiger partial charge in [0.25, 0.3) is 0 Å². The van der Waals surface area contributed by atoms with E-state index in [1.165, 1.54) is 4.31 Å². The molecule has 0 spiro atoms. The Hall–Kier alpha value is -1.11. The highest BCUT2D eigenvalue weighted by Gasteiger charge is 2.35. The molecular weight excluding hydrogens is 276 g/mol. The third kappa shape index (κ3) is 3.50. The van der Waals surface area contributed by atoms with E-state index in [2.05, 4.69) is 0 Å². The fourth-order valence-corrected chi connectivity index (χ4v) is 3.81. The zero-order valence-corrected chi connectivity index (χ0v) is 13.4. The minimum atomic E-state index is -3.56. The molecule has 5 nitrogen and oxygen atoms in total. The molecule has 0 bridgehead atoms. The van der Waals surface area contributed by atoms with Gasteiger partial charge in [-0.25, -0.2) is 8.42 Å². The molecule has 0 aliphatic heterocycles. The molecule has 114 valence electrons. The number of rotatable bonds is 7. The molecule has 0 saturated heterocycles. The third-order valence-corrected chi connectivity index (χ3v) is 5.37. The second kappa shape index (κ2) is 6.56. The van der Waals surface area contributed by atoms with Crippen molar-refractivity contribution in [2.75, 3.05) is 20.2 Å². The van der Waals surface area contributed by atoms with Crippen molar-refractivity contribution in [2.45, 2.75) is 37.6 Å². The number of hydrogen-bond acceptors (Lipinski definition) is 4.